The van der Waals surface area contributed by atoms with E-state index in [1.165, 1.54) is 32.4 Å². The van der Waals surface area contributed by atoms with Crippen LogP contribution in [0.1, 0.15) is 39.0 Å². The molecule has 0 spiro atoms. The molecule has 2 aliphatic rings. The summed E-state index contributed by atoms with van der Waals surface area (Å²) in [6.45, 7) is 4.87. The number of hydrogen-bond acceptors (Lipinski definition) is 5. The highest BCUT2D eigenvalue weighted by molar-refractivity contribution is 5.37. The number of piperidine rings is 1. The Morgan fingerprint density at radius 3 is 2.48 bits per heavy atom. The Morgan fingerprint density at radius 1 is 1.08 bits per heavy atom. The molecule has 0 atom stereocenters. The van der Waals surface area contributed by atoms with E-state index in [0.29, 0.717) is 18.6 Å². The van der Waals surface area contributed by atoms with Crippen molar-refractivity contribution in [1.29, 1.82) is 0 Å². The predicted octanol–water partition coefficient (Wildman–Crippen LogP) is 3.06. The van der Waals surface area contributed by atoms with Crippen molar-refractivity contribution in [3.63, 3.8) is 0 Å². The summed E-state index contributed by atoms with van der Waals surface area (Å²) in [7, 11) is 0. The molecule has 4 rings (SSSR count). The van der Waals surface area contributed by atoms with E-state index in [9.17, 15) is 0 Å². The highest BCUT2D eigenvalue weighted by Gasteiger charge is 2.29. The first kappa shape index (κ1) is 16.4. The van der Waals surface area contributed by atoms with E-state index in [-0.39, 0.29) is 0 Å². The van der Waals surface area contributed by atoms with Gasteiger partial charge in [-0.05, 0) is 56.9 Å². The quantitative estimate of drug-likeness (QED) is 0.807. The van der Waals surface area contributed by atoms with Gasteiger partial charge < -0.3 is 14.4 Å². The second-order valence-electron chi connectivity index (χ2n) is 6.87. The zero-order valence-electron chi connectivity index (χ0n) is 14.8. The predicted molar refractivity (Wildman–Crippen MR) is 95.4 cm³/mol. The smallest absolute Gasteiger partial charge is 0.253 e. The van der Waals surface area contributed by atoms with Gasteiger partial charge in [0.05, 0.1) is 18.5 Å². The number of benzene rings is 1. The van der Waals surface area contributed by atoms with Crippen LogP contribution in [0, 0.1) is 0 Å². The lowest BCUT2D eigenvalue weighted by atomic mass is 9.90. The largest absolute Gasteiger partial charge is 0.490 e. The average molecular weight is 342 g/mol. The molecule has 6 heteroatoms. The summed E-state index contributed by atoms with van der Waals surface area (Å²) in [6.07, 6.45) is 8.55. The van der Waals surface area contributed by atoms with Crippen LogP contribution in [-0.4, -0.2) is 51.7 Å². The Hall–Kier alpha value is -2.08. The molecule has 0 amide bonds. The van der Waals surface area contributed by atoms with Gasteiger partial charge in [-0.2, -0.15) is 0 Å². The van der Waals surface area contributed by atoms with Gasteiger partial charge in [0.2, 0.25) is 0 Å². The van der Waals surface area contributed by atoms with Crippen LogP contribution in [0.2, 0.25) is 0 Å². The van der Waals surface area contributed by atoms with Crippen molar-refractivity contribution in [1.82, 2.24) is 19.9 Å². The summed E-state index contributed by atoms with van der Waals surface area (Å²) in [5.74, 6) is 1.47. The second-order valence-corrected chi connectivity index (χ2v) is 6.87. The first-order valence-corrected chi connectivity index (χ1v) is 9.38. The SMILES string of the molecule is CCOc1cn(-c2ccc(OC3CCN(C4CCC4)CC3)cc2)nn1. The molecule has 0 N–H and O–H groups in total. The number of likely N-dealkylation sites (tertiary alicyclic amines) is 1. The molecule has 0 radical (unpaired) electrons. The van der Waals surface area contributed by atoms with Crippen LogP contribution < -0.4 is 9.47 Å². The fraction of sp³-hybridized carbons (Fsp3) is 0.579. The Bertz CT molecular complexity index is 673. The van der Waals surface area contributed by atoms with Crippen LogP contribution >= 0.6 is 0 Å². The minimum atomic E-state index is 0.332. The molecule has 6 nitrogen and oxygen atoms in total. The van der Waals surface area contributed by atoms with Crippen molar-refractivity contribution >= 4 is 0 Å². The minimum absolute atomic E-state index is 0.332. The molecular weight excluding hydrogens is 316 g/mol. The molecule has 134 valence electrons. The minimum Gasteiger partial charge on any atom is -0.490 e. The third-order valence-corrected chi connectivity index (χ3v) is 5.24. The molecule has 1 aromatic heterocycles. The summed E-state index contributed by atoms with van der Waals surface area (Å²) in [5.41, 5.74) is 0.950. The van der Waals surface area contributed by atoms with E-state index >= 15 is 0 Å². The van der Waals surface area contributed by atoms with E-state index in [1.54, 1.807) is 10.9 Å². The Balaban J connectivity index is 1.31. The monoisotopic (exact) mass is 342 g/mol. The molecule has 2 heterocycles. The van der Waals surface area contributed by atoms with Gasteiger partial charge in [0.25, 0.3) is 5.88 Å². The number of rotatable bonds is 6. The normalized spacial score (nSPS) is 19.6. The van der Waals surface area contributed by atoms with Crippen molar-refractivity contribution < 1.29 is 9.47 Å². The van der Waals surface area contributed by atoms with Crippen LogP contribution in [0.5, 0.6) is 11.6 Å². The third-order valence-electron chi connectivity index (χ3n) is 5.24. The highest BCUT2D eigenvalue weighted by Crippen LogP contribution is 2.28. The van der Waals surface area contributed by atoms with Crippen molar-refractivity contribution in [3.8, 4) is 17.3 Å². The number of hydrogen-bond donors (Lipinski definition) is 0. The maximum atomic E-state index is 6.17. The van der Waals surface area contributed by atoms with Gasteiger partial charge in [-0.15, -0.1) is 0 Å². The van der Waals surface area contributed by atoms with Crippen molar-refractivity contribution in [2.45, 2.75) is 51.2 Å². The van der Waals surface area contributed by atoms with Gasteiger partial charge >= 0.3 is 0 Å². The van der Waals surface area contributed by atoms with Gasteiger partial charge in [-0.25, -0.2) is 4.68 Å². The molecule has 1 aliphatic heterocycles. The molecule has 1 saturated heterocycles. The molecule has 2 fully saturated rings. The molecule has 1 aromatic carbocycles. The maximum Gasteiger partial charge on any atom is 0.253 e. The summed E-state index contributed by atoms with van der Waals surface area (Å²) >= 11 is 0. The second kappa shape index (κ2) is 7.44. The number of aromatic nitrogens is 3. The van der Waals surface area contributed by atoms with E-state index in [2.05, 4.69) is 15.2 Å². The summed E-state index contributed by atoms with van der Waals surface area (Å²) in [4.78, 5) is 2.65. The summed E-state index contributed by atoms with van der Waals surface area (Å²) < 4.78 is 13.2. The molecule has 1 aliphatic carbocycles. The fourth-order valence-corrected chi connectivity index (χ4v) is 3.57. The zero-order chi connectivity index (χ0) is 17.1. The zero-order valence-corrected chi connectivity index (χ0v) is 14.8. The van der Waals surface area contributed by atoms with Crippen LogP contribution in [0.4, 0.5) is 0 Å². The Kier molecular flexibility index (Phi) is 4.88. The molecule has 0 unspecified atom stereocenters. The van der Waals surface area contributed by atoms with Crippen LogP contribution in [0.25, 0.3) is 5.69 Å². The first-order chi connectivity index (χ1) is 12.3. The fourth-order valence-electron chi connectivity index (χ4n) is 3.57. The molecule has 0 bridgehead atoms. The lowest BCUT2D eigenvalue weighted by Crippen LogP contribution is -2.46. The topological polar surface area (TPSA) is 52.4 Å². The molecule has 25 heavy (non-hydrogen) atoms. The van der Waals surface area contributed by atoms with Crippen molar-refractivity contribution in [2.75, 3.05) is 19.7 Å². The average Bonchev–Trinajstić information content (AvgIpc) is 3.05. The summed E-state index contributed by atoms with van der Waals surface area (Å²) in [5, 5.41) is 8.07. The Morgan fingerprint density at radius 2 is 1.84 bits per heavy atom. The number of ether oxygens (including phenoxy) is 2. The van der Waals surface area contributed by atoms with Crippen LogP contribution in [0.15, 0.2) is 30.5 Å². The van der Waals surface area contributed by atoms with Gasteiger partial charge in [0, 0.05) is 19.1 Å². The van der Waals surface area contributed by atoms with E-state index in [0.717, 1.165) is 30.3 Å². The van der Waals surface area contributed by atoms with E-state index < -0.39 is 0 Å². The van der Waals surface area contributed by atoms with Crippen molar-refractivity contribution in [2.24, 2.45) is 0 Å². The first-order valence-electron chi connectivity index (χ1n) is 9.38. The van der Waals surface area contributed by atoms with Gasteiger partial charge in [-0.3, -0.25) is 0 Å². The third kappa shape index (κ3) is 3.79. The van der Waals surface area contributed by atoms with E-state index in [1.807, 2.05) is 31.2 Å². The van der Waals surface area contributed by atoms with Gasteiger partial charge in [0.1, 0.15) is 11.9 Å². The molecular formula is C19H26N4O2. The van der Waals surface area contributed by atoms with E-state index in [4.69, 9.17) is 9.47 Å². The Labute approximate surface area is 148 Å². The van der Waals surface area contributed by atoms with Crippen LogP contribution in [-0.2, 0) is 0 Å². The van der Waals surface area contributed by atoms with Crippen LogP contribution in [0.3, 0.4) is 0 Å². The molecule has 1 saturated carbocycles. The number of nitrogens with zero attached hydrogens (tertiary/aromatic N) is 4. The maximum absolute atomic E-state index is 6.17. The standard InChI is InChI=1S/C19H26N4O2/c1-2-24-19-14-23(21-20-19)16-6-8-17(9-7-16)25-18-10-12-22(13-11-18)15-4-3-5-15/h6-9,14-15,18H,2-5,10-13H2,1H3. The van der Waals surface area contributed by atoms with Crippen molar-refractivity contribution in [3.05, 3.63) is 30.5 Å². The van der Waals surface area contributed by atoms with Gasteiger partial charge in [-0.1, -0.05) is 16.7 Å². The summed E-state index contributed by atoms with van der Waals surface area (Å²) in [6, 6.07) is 8.88. The highest BCUT2D eigenvalue weighted by atomic mass is 16.5. The molecule has 2 aromatic rings. The lowest BCUT2D eigenvalue weighted by Gasteiger charge is -2.41. The van der Waals surface area contributed by atoms with Gasteiger partial charge in [0.15, 0.2) is 0 Å². The lowest BCUT2D eigenvalue weighted by molar-refractivity contribution is 0.0493.